The van der Waals surface area contributed by atoms with E-state index < -0.39 is 0 Å². The van der Waals surface area contributed by atoms with Gasteiger partial charge in [0.25, 0.3) is 0 Å². The van der Waals surface area contributed by atoms with Gasteiger partial charge >= 0.3 is 0 Å². The average molecular weight is 190 g/mol. The summed E-state index contributed by atoms with van der Waals surface area (Å²) in [6, 6.07) is 3.63. The third kappa shape index (κ3) is 3.10. The van der Waals surface area contributed by atoms with Gasteiger partial charge in [-0.05, 0) is 17.7 Å². The van der Waals surface area contributed by atoms with E-state index in [0.717, 1.165) is 5.56 Å². The number of halogens is 1. The first-order valence-corrected chi connectivity index (χ1v) is 4.13. The summed E-state index contributed by atoms with van der Waals surface area (Å²) >= 11 is 9.54. The molecular formula is C7H8ClNOS. The van der Waals surface area contributed by atoms with Crippen molar-refractivity contribution in [3.8, 4) is 0 Å². The van der Waals surface area contributed by atoms with Crippen molar-refractivity contribution in [3.63, 3.8) is 0 Å². The largest absolute Gasteiger partial charge is 0.366 e. The molecule has 60 valence electrons. The minimum absolute atomic E-state index is 0.417. The van der Waals surface area contributed by atoms with Crippen LogP contribution in [0.1, 0.15) is 5.56 Å². The van der Waals surface area contributed by atoms with E-state index >= 15 is 0 Å². The van der Waals surface area contributed by atoms with Crippen LogP contribution in [0.25, 0.3) is 0 Å². The molecule has 0 spiro atoms. The van der Waals surface area contributed by atoms with Crippen molar-refractivity contribution >= 4 is 24.2 Å². The Morgan fingerprint density at radius 1 is 1.64 bits per heavy atom. The predicted molar refractivity (Wildman–Crippen MR) is 47.9 cm³/mol. The Balaban J connectivity index is 2.56. The SMILES string of the molecule is SCOCc1ccnc(Cl)c1. The van der Waals surface area contributed by atoms with Gasteiger partial charge < -0.3 is 4.74 Å². The molecule has 0 aromatic carbocycles. The molecule has 0 unspecified atom stereocenters. The molecule has 0 radical (unpaired) electrons. The monoisotopic (exact) mass is 189 g/mol. The van der Waals surface area contributed by atoms with Gasteiger partial charge in [0.15, 0.2) is 0 Å². The lowest BCUT2D eigenvalue weighted by Gasteiger charge is -1.99. The third-order valence-electron chi connectivity index (χ3n) is 1.15. The van der Waals surface area contributed by atoms with Crippen molar-refractivity contribution in [2.24, 2.45) is 0 Å². The van der Waals surface area contributed by atoms with E-state index in [1.165, 1.54) is 0 Å². The number of hydrogen-bond donors (Lipinski definition) is 1. The van der Waals surface area contributed by atoms with E-state index in [1.807, 2.05) is 6.07 Å². The lowest BCUT2D eigenvalue weighted by Crippen LogP contribution is -1.90. The van der Waals surface area contributed by atoms with Crippen LogP contribution in [0, 0.1) is 0 Å². The van der Waals surface area contributed by atoms with E-state index in [2.05, 4.69) is 17.6 Å². The van der Waals surface area contributed by atoms with Crippen molar-refractivity contribution in [3.05, 3.63) is 29.0 Å². The first-order valence-electron chi connectivity index (χ1n) is 3.12. The normalized spacial score (nSPS) is 10.0. The van der Waals surface area contributed by atoms with Crippen LogP contribution in [0.15, 0.2) is 18.3 Å². The van der Waals surface area contributed by atoms with Crippen molar-refractivity contribution in [1.82, 2.24) is 4.98 Å². The maximum Gasteiger partial charge on any atom is 0.129 e. The molecule has 0 aliphatic carbocycles. The molecule has 1 heterocycles. The first-order chi connectivity index (χ1) is 5.33. The van der Waals surface area contributed by atoms with E-state index in [9.17, 15) is 0 Å². The van der Waals surface area contributed by atoms with Crippen LogP contribution < -0.4 is 0 Å². The molecule has 0 bridgehead atoms. The van der Waals surface area contributed by atoms with Gasteiger partial charge in [0, 0.05) is 6.20 Å². The minimum atomic E-state index is 0.417. The van der Waals surface area contributed by atoms with Crippen LogP contribution in [0.5, 0.6) is 0 Å². The minimum Gasteiger partial charge on any atom is -0.366 e. The van der Waals surface area contributed by atoms with Gasteiger partial charge in [-0.3, -0.25) is 0 Å². The van der Waals surface area contributed by atoms with Crippen LogP contribution in [0.4, 0.5) is 0 Å². The highest BCUT2D eigenvalue weighted by atomic mass is 35.5. The van der Waals surface area contributed by atoms with Gasteiger partial charge in [-0.2, -0.15) is 12.6 Å². The second-order valence-corrected chi connectivity index (χ2v) is 2.61. The Bertz CT molecular complexity index is 231. The van der Waals surface area contributed by atoms with Crippen molar-refractivity contribution in [2.45, 2.75) is 6.61 Å². The quantitative estimate of drug-likeness (QED) is 0.447. The molecule has 0 saturated heterocycles. The Labute approximate surface area is 76.0 Å². The van der Waals surface area contributed by atoms with Crippen LogP contribution in [-0.4, -0.2) is 10.9 Å². The zero-order valence-electron chi connectivity index (χ0n) is 5.83. The molecule has 4 heteroatoms. The zero-order valence-corrected chi connectivity index (χ0v) is 7.48. The number of thiol groups is 1. The molecule has 0 saturated carbocycles. The van der Waals surface area contributed by atoms with Gasteiger partial charge in [-0.15, -0.1) is 0 Å². The fraction of sp³-hybridized carbons (Fsp3) is 0.286. The molecule has 0 N–H and O–H groups in total. The number of rotatable bonds is 3. The van der Waals surface area contributed by atoms with Gasteiger partial charge in [0.2, 0.25) is 0 Å². The van der Waals surface area contributed by atoms with Gasteiger partial charge in [-0.25, -0.2) is 4.98 Å². The maximum absolute atomic E-state index is 5.64. The average Bonchev–Trinajstić information content (AvgIpc) is 2.01. The third-order valence-corrected chi connectivity index (χ3v) is 1.54. The summed E-state index contributed by atoms with van der Waals surface area (Å²) < 4.78 is 5.05. The number of hydrogen-bond acceptors (Lipinski definition) is 3. The van der Waals surface area contributed by atoms with E-state index in [1.54, 1.807) is 12.3 Å². The van der Waals surface area contributed by atoms with Crippen molar-refractivity contribution in [2.75, 3.05) is 5.94 Å². The highest BCUT2D eigenvalue weighted by Crippen LogP contribution is 2.07. The molecule has 0 atom stereocenters. The highest BCUT2D eigenvalue weighted by molar-refractivity contribution is 7.80. The fourth-order valence-electron chi connectivity index (χ4n) is 0.696. The second kappa shape index (κ2) is 4.59. The Morgan fingerprint density at radius 3 is 3.09 bits per heavy atom. The molecule has 1 aromatic rings. The van der Waals surface area contributed by atoms with E-state index in [-0.39, 0.29) is 0 Å². The Hall–Kier alpha value is -0.250. The summed E-state index contributed by atoms with van der Waals surface area (Å²) in [6.07, 6.45) is 1.65. The van der Waals surface area contributed by atoms with Crippen molar-refractivity contribution in [1.29, 1.82) is 0 Å². The summed E-state index contributed by atoms with van der Waals surface area (Å²) in [7, 11) is 0. The smallest absolute Gasteiger partial charge is 0.129 e. The fourth-order valence-corrected chi connectivity index (χ4v) is 0.984. The molecule has 0 fully saturated rings. The van der Waals surface area contributed by atoms with Crippen molar-refractivity contribution < 1.29 is 4.74 Å². The van der Waals surface area contributed by atoms with Gasteiger partial charge in [-0.1, -0.05) is 11.6 Å². The molecular weight excluding hydrogens is 182 g/mol. The molecule has 1 aromatic heterocycles. The Morgan fingerprint density at radius 2 is 2.45 bits per heavy atom. The first kappa shape index (κ1) is 8.84. The molecule has 2 nitrogen and oxygen atoms in total. The van der Waals surface area contributed by atoms with Crippen LogP contribution in [-0.2, 0) is 11.3 Å². The predicted octanol–water partition coefficient (Wildman–Crippen LogP) is 2.14. The molecule has 1 rings (SSSR count). The zero-order chi connectivity index (χ0) is 8.10. The standard InChI is InChI=1S/C7H8ClNOS/c8-7-3-6(1-2-9-7)4-10-5-11/h1-3,11H,4-5H2. The van der Waals surface area contributed by atoms with E-state index in [4.69, 9.17) is 16.3 Å². The topological polar surface area (TPSA) is 22.1 Å². The van der Waals surface area contributed by atoms with E-state index in [0.29, 0.717) is 17.7 Å². The van der Waals surface area contributed by atoms with Gasteiger partial charge in [0.1, 0.15) is 5.15 Å². The number of pyridine rings is 1. The summed E-state index contributed by atoms with van der Waals surface area (Å²) in [5, 5.41) is 0.491. The lowest BCUT2D eigenvalue weighted by molar-refractivity contribution is 0.170. The highest BCUT2D eigenvalue weighted by Gasteiger charge is 1.93. The van der Waals surface area contributed by atoms with Crippen LogP contribution >= 0.6 is 24.2 Å². The lowest BCUT2D eigenvalue weighted by atomic mass is 10.3. The summed E-state index contributed by atoms with van der Waals surface area (Å²) in [4.78, 5) is 3.84. The van der Waals surface area contributed by atoms with Gasteiger partial charge in [0.05, 0.1) is 12.5 Å². The second-order valence-electron chi connectivity index (χ2n) is 1.96. The summed E-state index contributed by atoms with van der Waals surface area (Å²) in [5.74, 6) is 0.417. The molecule has 0 aliphatic heterocycles. The molecule has 0 aliphatic rings. The maximum atomic E-state index is 5.64. The Kier molecular flexibility index (Phi) is 3.69. The number of ether oxygens (including phenoxy) is 1. The number of aromatic nitrogens is 1. The summed E-state index contributed by atoms with van der Waals surface area (Å²) in [5.41, 5.74) is 1.01. The molecule has 0 amide bonds. The number of nitrogens with zero attached hydrogens (tertiary/aromatic N) is 1. The molecule has 11 heavy (non-hydrogen) atoms. The van der Waals surface area contributed by atoms with Crippen LogP contribution in [0.3, 0.4) is 0 Å². The van der Waals surface area contributed by atoms with Crippen LogP contribution in [0.2, 0.25) is 5.15 Å². The summed E-state index contributed by atoms with van der Waals surface area (Å²) in [6.45, 7) is 0.533.